The van der Waals surface area contributed by atoms with Gasteiger partial charge in [-0.1, -0.05) is 24.6 Å². The zero-order valence-electron chi connectivity index (χ0n) is 11.4. The van der Waals surface area contributed by atoms with E-state index in [1.165, 1.54) is 0 Å². The molecule has 0 saturated carbocycles. The number of rotatable bonds is 5. The average molecular weight is 309 g/mol. The number of carbonyl (C=O) groups excluding carboxylic acids is 1. The standard InChI is InChI=1S/C15H17ClN2OS/c1-3-12(14-5-4-8-20-14)18-15(19)11-9-10(16)6-7-13(11)17-2/h4-9,12,17H,3H2,1-2H3,(H,18,19). The molecule has 0 bridgehead atoms. The summed E-state index contributed by atoms with van der Waals surface area (Å²) in [6, 6.07) is 9.32. The van der Waals surface area contributed by atoms with Crippen molar-refractivity contribution in [2.75, 3.05) is 12.4 Å². The van der Waals surface area contributed by atoms with Gasteiger partial charge in [0.1, 0.15) is 0 Å². The summed E-state index contributed by atoms with van der Waals surface area (Å²) in [5.41, 5.74) is 1.34. The summed E-state index contributed by atoms with van der Waals surface area (Å²) in [4.78, 5) is 13.6. The maximum atomic E-state index is 12.4. The number of amides is 1. The molecular weight excluding hydrogens is 292 g/mol. The smallest absolute Gasteiger partial charge is 0.253 e. The number of hydrogen-bond donors (Lipinski definition) is 2. The van der Waals surface area contributed by atoms with Crippen LogP contribution in [0.1, 0.15) is 34.6 Å². The molecule has 1 atom stereocenters. The van der Waals surface area contributed by atoms with Gasteiger partial charge in [0.05, 0.1) is 11.6 Å². The first-order valence-corrected chi connectivity index (χ1v) is 7.73. The number of halogens is 1. The monoisotopic (exact) mass is 308 g/mol. The van der Waals surface area contributed by atoms with Crippen LogP contribution in [0.4, 0.5) is 5.69 Å². The van der Waals surface area contributed by atoms with Crippen molar-refractivity contribution in [2.45, 2.75) is 19.4 Å². The van der Waals surface area contributed by atoms with Crippen LogP contribution in [0.15, 0.2) is 35.7 Å². The molecule has 2 aromatic rings. The fraction of sp³-hybridized carbons (Fsp3) is 0.267. The Hall–Kier alpha value is -1.52. The summed E-state index contributed by atoms with van der Waals surface area (Å²) in [7, 11) is 1.79. The summed E-state index contributed by atoms with van der Waals surface area (Å²) in [5.74, 6) is -0.114. The van der Waals surface area contributed by atoms with E-state index in [0.717, 1.165) is 17.0 Å². The highest BCUT2D eigenvalue weighted by molar-refractivity contribution is 7.10. The lowest BCUT2D eigenvalue weighted by atomic mass is 10.1. The van der Waals surface area contributed by atoms with Gasteiger partial charge in [0.2, 0.25) is 0 Å². The predicted octanol–water partition coefficient (Wildman–Crippen LogP) is 4.32. The molecule has 0 aliphatic heterocycles. The molecule has 0 radical (unpaired) electrons. The van der Waals surface area contributed by atoms with Gasteiger partial charge >= 0.3 is 0 Å². The van der Waals surface area contributed by atoms with Crippen LogP contribution in [0.5, 0.6) is 0 Å². The van der Waals surface area contributed by atoms with Crippen LogP contribution in [0.3, 0.4) is 0 Å². The zero-order valence-corrected chi connectivity index (χ0v) is 13.0. The van der Waals surface area contributed by atoms with Gasteiger partial charge < -0.3 is 10.6 Å². The normalized spacial score (nSPS) is 11.9. The van der Waals surface area contributed by atoms with Crippen molar-refractivity contribution in [3.63, 3.8) is 0 Å². The van der Waals surface area contributed by atoms with Crippen molar-refractivity contribution in [2.24, 2.45) is 0 Å². The van der Waals surface area contributed by atoms with Crippen molar-refractivity contribution >= 4 is 34.5 Å². The third-order valence-corrected chi connectivity index (χ3v) is 4.32. The van der Waals surface area contributed by atoms with E-state index < -0.39 is 0 Å². The van der Waals surface area contributed by atoms with E-state index in [0.29, 0.717) is 10.6 Å². The second-order valence-electron chi connectivity index (χ2n) is 4.39. The van der Waals surface area contributed by atoms with Crippen LogP contribution in [-0.4, -0.2) is 13.0 Å². The van der Waals surface area contributed by atoms with Gasteiger partial charge in [-0.25, -0.2) is 0 Å². The first-order valence-electron chi connectivity index (χ1n) is 6.47. The molecule has 0 aliphatic rings. The first-order chi connectivity index (χ1) is 9.65. The molecule has 0 aliphatic carbocycles. The highest BCUT2D eigenvalue weighted by Gasteiger charge is 2.17. The third-order valence-electron chi connectivity index (χ3n) is 3.10. The van der Waals surface area contributed by atoms with Gasteiger partial charge in [-0.05, 0) is 36.1 Å². The molecule has 1 aromatic carbocycles. The van der Waals surface area contributed by atoms with Crippen LogP contribution in [0.25, 0.3) is 0 Å². The number of hydrogen-bond acceptors (Lipinski definition) is 3. The van der Waals surface area contributed by atoms with E-state index in [4.69, 9.17) is 11.6 Å². The van der Waals surface area contributed by atoms with Gasteiger partial charge in [0.15, 0.2) is 0 Å². The van der Waals surface area contributed by atoms with Crippen molar-refractivity contribution in [1.82, 2.24) is 5.32 Å². The molecule has 3 nitrogen and oxygen atoms in total. The molecular formula is C15H17ClN2OS. The Balaban J connectivity index is 2.21. The minimum absolute atomic E-state index is 0.0335. The summed E-state index contributed by atoms with van der Waals surface area (Å²) in [6.07, 6.45) is 0.849. The van der Waals surface area contributed by atoms with Crippen LogP contribution < -0.4 is 10.6 Å². The molecule has 1 unspecified atom stereocenters. The second kappa shape index (κ2) is 6.77. The van der Waals surface area contributed by atoms with Crippen molar-refractivity contribution in [3.8, 4) is 0 Å². The van der Waals surface area contributed by atoms with Crippen LogP contribution >= 0.6 is 22.9 Å². The van der Waals surface area contributed by atoms with E-state index in [1.54, 1.807) is 30.5 Å². The molecule has 1 amide bonds. The lowest BCUT2D eigenvalue weighted by Gasteiger charge is -2.17. The van der Waals surface area contributed by atoms with Gasteiger partial charge in [0.25, 0.3) is 5.91 Å². The van der Waals surface area contributed by atoms with Gasteiger partial charge in [-0.3, -0.25) is 4.79 Å². The number of benzene rings is 1. The summed E-state index contributed by atoms with van der Waals surface area (Å²) < 4.78 is 0. The SMILES string of the molecule is CCC(NC(=O)c1cc(Cl)ccc1NC)c1cccs1. The lowest BCUT2D eigenvalue weighted by Crippen LogP contribution is -2.28. The first kappa shape index (κ1) is 14.9. The van der Waals surface area contributed by atoms with E-state index in [2.05, 4.69) is 17.6 Å². The Labute approximate surface area is 128 Å². The van der Waals surface area contributed by atoms with Gasteiger partial charge in [-0.15, -0.1) is 11.3 Å². The van der Waals surface area contributed by atoms with Crippen molar-refractivity contribution in [3.05, 3.63) is 51.2 Å². The number of carbonyl (C=O) groups is 1. The molecule has 1 heterocycles. The summed E-state index contributed by atoms with van der Waals surface area (Å²) in [6.45, 7) is 2.06. The van der Waals surface area contributed by atoms with E-state index in [-0.39, 0.29) is 11.9 Å². The Kier molecular flexibility index (Phi) is 5.04. The molecule has 5 heteroatoms. The molecule has 0 spiro atoms. The third kappa shape index (κ3) is 3.32. The van der Waals surface area contributed by atoms with Gasteiger partial charge in [0, 0.05) is 22.6 Å². The van der Waals surface area contributed by atoms with Crippen molar-refractivity contribution in [1.29, 1.82) is 0 Å². The molecule has 0 fully saturated rings. The van der Waals surface area contributed by atoms with Crippen LogP contribution in [0.2, 0.25) is 5.02 Å². The fourth-order valence-electron chi connectivity index (χ4n) is 2.02. The number of thiophene rings is 1. The molecule has 20 heavy (non-hydrogen) atoms. The lowest BCUT2D eigenvalue weighted by molar-refractivity contribution is 0.0937. The van der Waals surface area contributed by atoms with Crippen LogP contribution in [0, 0.1) is 0 Å². The molecule has 0 saturated heterocycles. The maximum absolute atomic E-state index is 12.4. The highest BCUT2D eigenvalue weighted by atomic mass is 35.5. The minimum Gasteiger partial charge on any atom is -0.387 e. The average Bonchev–Trinajstić information content (AvgIpc) is 2.98. The molecule has 2 N–H and O–H groups in total. The van der Waals surface area contributed by atoms with Crippen LogP contribution in [-0.2, 0) is 0 Å². The topological polar surface area (TPSA) is 41.1 Å². The minimum atomic E-state index is -0.114. The summed E-state index contributed by atoms with van der Waals surface area (Å²) in [5, 5.41) is 8.64. The predicted molar refractivity (Wildman–Crippen MR) is 85.8 cm³/mol. The molecule has 106 valence electrons. The summed E-state index contributed by atoms with van der Waals surface area (Å²) >= 11 is 7.63. The Morgan fingerprint density at radius 1 is 1.40 bits per heavy atom. The zero-order chi connectivity index (χ0) is 14.5. The maximum Gasteiger partial charge on any atom is 0.253 e. The highest BCUT2D eigenvalue weighted by Crippen LogP contribution is 2.24. The van der Waals surface area contributed by atoms with E-state index in [1.807, 2.05) is 23.6 Å². The van der Waals surface area contributed by atoms with Gasteiger partial charge in [-0.2, -0.15) is 0 Å². The Bertz CT molecular complexity index is 584. The Morgan fingerprint density at radius 3 is 2.80 bits per heavy atom. The van der Waals surface area contributed by atoms with E-state index >= 15 is 0 Å². The number of anilines is 1. The van der Waals surface area contributed by atoms with Crippen molar-refractivity contribution < 1.29 is 4.79 Å². The molecule has 1 aromatic heterocycles. The second-order valence-corrected chi connectivity index (χ2v) is 5.81. The largest absolute Gasteiger partial charge is 0.387 e. The van der Waals surface area contributed by atoms with E-state index in [9.17, 15) is 4.79 Å². The Morgan fingerprint density at radius 2 is 2.20 bits per heavy atom. The fourth-order valence-corrected chi connectivity index (χ4v) is 3.06. The quantitative estimate of drug-likeness (QED) is 0.863. The number of nitrogens with one attached hydrogen (secondary N) is 2. The molecule has 2 rings (SSSR count).